The minimum absolute atomic E-state index is 0.116. The van der Waals surface area contributed by atoms with Crippen LogP contribution >= 0.6 is 0 Å². The standard InChI is InChI=1S/C24H21FN4O2/c25-20-8-4-7-18(15-20)10-12-23-28-29-24(31-23)19-13-14-26-21(16-19)27-22(30)11-9-17-5-2-1-3-6-17/h1-8,13-16H,9-12H2,(H,26,27,30). The van der Waals surface area contributed by atoms with Gasteiger partial charge in [-0.05, 0) is 48.2 Å². The molecule has 2 aromatic carbocycles. The van der Waals surface area contributed by atoms with Gasteiger partial charge in [-0.3, -0.25) is 4.79 Å². The highest BCUT2D eigenvalue weighted by Crippen LogP contribution is 2.21. The summed E-state index contributed by atoms with van der Waals surface area (Å²) in [6.45, 7) is 0. The van der Waals surface area contributed by atoms with Gasteiger partial charge in [0.05, 0.1) is 0 Å². The highest BCUT2D eigenvalue weighted by Gasteiger charge is 2.11. The molecule has 0 aliphatic rings. The van der Waals surface area contributed by atoms with Crippen LogP contribution in [0.1, 0.15) is 23.4 Å². The van der Waals surface area contributed by atoms with E-state index in [9.17, 15) is 9.18 Å². The summed E-state index contributed by atoms with van der Waals surface area (Å²) >= 11 is 0. The fourth-order valence-electron chi connectivity index (χ4n) is 3.15. The van der Waals surface area contributed by atoms with Gasteiger partial charge in [0.1, 0.15) is 11.6 Å². The Kier molecular flexibility index (Phi) is 6.42. The molecule has 2 heterocycles. The first-order valence-electron chi connectivity index (χ1n) is 10.0. The van der Waals surface area contributed by atoms with Gasteiger partial charge in [-0.2, -0.15) is 0 Å². The monoisotopic (exact) mass is 416 g/mol. The summed E-state index contributed by atoms with van der Waals surface area (Å²) in [6.07, 6.45) is 3.70. The Morgan fingerprint density at radius 2 is 1.74 bits per heavy atom. The average Bonchev–Trinajstić information content (AvgIpc) is 3.27. The molecule has 7 heteroatoms. The molecule has 0 atom stereocenters. The first-order valence-corrected chi connectivity index (χ1v) is 10.0. The number of benzene rings is 2. The quantitative estimate of drug-likeness (QED) is 0.453. The molecule has 0 aliphatic carbocycles. The van der Waals surface area contributed by atoms with E-state index in [4.69, 9.17) is 4.42 Å². The SMILES string of the molecule is O=C(CCc1ccccc1)Nc1cc(-c2nnc(CCc3cccc(F)c3)o2)ccn1. The summed E-state index contributed by atoms with van der Waals surface area (Å²) in [6, 6.07) is 19.7. The Hall–Kier alpha value is -3.87. The van der Waals surface area contributed by atoms with Crippen molar-refractivity contribution in [2.75, 3.05) is 5.32 Å². The number of halogens is 1. The van der Waals surface area contributed by atoms with Crippen molar-refractivity contribution in [1.82, 2.24) is 15.2 Å². The van der Waals surface area contributed by atoms with Crippen molar-refractivity contribution in [2.45, 2.75) is 25.7 Å². The number of aryl methyl sites for hydroxylation is 3. The van der Waals surface area contributed by atoms with E-state index >= 15 is 0 Å². The first kappa shape index (κ1) is 20.4. The van der Waals surface area contributed by atoms with Crippen molar-refractivity contribution in [2.24, 2.45) is 0 Å². The molecule has 2 aromatic heterocycles. The zero-order valence-electron chi connectivity index (χ0n) is 16.8. The van der Waals surface area contributed by atoms with Gasteiger partial charge in [-0.1, -0.05) is 42.5 Å². The number of hydrogen-bond donors (Lipinski definition) is 1. The number of hydrogen-bond acceptors (Lipinski definition) is 5. The van der Waals surface area contributed by atoms with Gasteiger partial charge in [0.25, 0.3) is 0 Å². The maximum Gasteiger partial charge on any atom is 0.247 e. The van der Waals surface area contributed by atoms with E-state index in [-0.39, 0.29) is 11.7 Å². The summed E-state index contributed by atoms with van der Waals surface area (Å²) in [5, 5.41) is 11.0. The van der Waals surface area contributed by atoms with Crippen molar-refractivity contribution < 1.29 is 13.6 Å². The molecule has 0 fully saturated rings. The van der Waals surface area contributed by atoms with E-state index < -0.39 is 0 Å². The van der Waals surface area contributed by atoms with Crippen LogP contribution in [0.5, 0.6) is 0 Å². The fourth-order valence-corrected chi connectivity index (χ4v) is 3.15. The van der Waals surface area contributed by atoms with Crippen molar-refractivity contribution in [1.29, 1.82) is 0 Å². The molecule has 4 rings (SSSR count). The van der Waals surface area contributed by atoms with Crippen LogP contribution in [-0.2, 0) is 24.1 Å². The largest absolute Gasteiger partial charge is 0.421 e. The van der Waals surface area contributed by atoms with Crippen LogP contribution in [-0.4, -0.2) is 21.1 Å². The molecule has 0 unspecified atom stereocenters. The molecule has 0 aliphatic heterocycles. The van der Waals surface area contributed by atoms with E-state index in [1.54, 1.807) is 24.4 Å². The Balaban J connectivity index is 1.35. The third-order valence-electron chi connectivity index (χ3n) is 4.74. The lowest BCUT2D eigenvalue weighted by atomic mass is 10.1. The number of nitrogens with zero attached hydrogens (tertiary/aromatic N) is 3. The minimum Gasteiger partial charge on any atom is -0.421 e. The lowest BCUT2D eigenvalue weighted by Gasteiger charge is -2.05. The van der Waals surface area contributed by atoms with Crippen LogP contribution < -0.4 is 5.32 Å². The highest BCUT2D eigenvalue weighted by atomic mass is 19.1. The predicted molar refractivity (Wildman–Crippen MR) is 115 cm³/mol. The highest BCUT2D eigenvalue weighted by molar-refractivity contribution is 5.90. The summed E-state index contributed by atoms with van der Waals surface area (Å²) in [5.74, 6) is 0.852. The van der Waals surface area contributed by atoms with Crippen LogP contribution in [0.4, 0.5) is 10.2 Å². The Bertz CT molecular complexity index is 1160. The lowest BCUT2D eigenvalue weighted by Crippen LogP contribution is -2.13. The molecule has 0 radical (unpaired) electrons. The number of carbonyl (C=O) groups excluding carboxylic acids is 1. The van der Waals surface area contributed by atoms with E-state index in [2.05, 4.69) is 20.5 Å². The van der Waals surface area contributed by atoms with Crippen LogP contribution in [0.25, 0.3) is 11.5 Å². The Morgan fingerprint density at radius 1 is 0.903 bits per heavy atom. The number of rotatable bonds is 8. The lowest BCUT2D eigenvalue weighted by molar-refractivity contribution is -0.116. The fraction of sp³-hybridized carbons (Fsp3) is 0.167. The van der Waals surface area contributed by atoms with Crippen LogP contribution in [0, 0.1) is 5.82 Å². The van der Waals surface area contributed by atoms with Crippen molar-refractivity contribution in [3.05, 3.63) is 95.8 Å². The second kappa shape index (κ2) is 9.75. The van der Waals surface area contributed by atoms with Gasteiger partial charge in [0.15, 0.2) is 0 Å². The van der Waals surface area contributed by atoms with E-state index in [1.165, 1.54) is 12.1 Å². The predicted octanol–water partition coefficient (Wildman–Crippen LogP) is 4.63. The van der Waals surface area contributed by atoms with Crippen LogP contribution in [0.15, 0.2) is 77.3 Å². The molecule has 1 N–H and O–H groups in total. The van der Waals surface area contributed by atoms with Gasteiger partial charge in [0, 0.05) is 24.6 Å². The third kappa shape index (κ3) is 5.82. The van der Waals surface area contributed by atoms with Gasteiger partial charge < -0.3 is 9.73 Å². The summed E-state index contributed by atoms with van der Waals surface area (Å²) < 4.78 is 19.0. The molecule has 0 bridgehead atoms. The molecule has 1 amide bonds. The molecular formula is C24H21FN4O2. The van der Waals surface area contributed by atoms with Gasteiger partial charge >= 0.3 is 0 Å². The summed E-state index contributed by atoms with van der Waals surface area (Å²) in [5.41, 5.74) is 2.64. The number of carbonyl (C=O) groups is 1. The molecular weight excluding hydrogens is 395 g/mol. The number of amides is 1. The molecule has 6 nitrogen and oxygen atoms in total. The minimum atomic E-state index is -0.265. The maximum atomic E-state index is 13.3. The maximum absolute atomic E-state index is 13.3. The Morgan fingerprint density at radius 3 is 2.58 bits per heavy atom. The second-order valence-corrected chi connectivity index (χ2v) is 7.09. The zero-order valence-corrected chi connectivity index (χ0v) is 16.8. The van der Waals surface area contributed by atoms with Gasteiger partial charge in [-0.15, -0.1) is 10.2 Å². The number of nitrogens with one attached hydrogen (secondary N) is 1. The molecule has 156 valence electrons. The molecule has 0 saturated heterocycles. The third-order valence-corrected chi connectivity index (χ3v) is 4.74. The van der Waals surface area contributed by atoms with Gasteiger partial charge in [0.2, 0.25) is 17.7 Å². The molecule has 0 spiro atoms. The topological polar surface area (TPSA) is 80.9 Å². The molecule has 0 saturated carbocycles. The normalized spacial score (nSPS) is 10.7. The van der Waals surface area contributed by atoms with E-state index in [0.29, 0.717) is 48.8 Å². The van der Waals surface area contributed by atoms with Crippen LogP contribution in [0.2, 0.25) is 0 Å². The average molecular weight is 416 g/mol. The van der Waals surface area contributed by atoms with Crippen molar-refractivity contribution >= 4 is 11.7 Å². The second-order valence-electron chi connectivity index (χ2n) is 7.09. The van der Waals surface area contributed by atoms with E-state index in [0.717, 1.165) is 11.1 Å². The smallest absolute Gasteiger partial charge is 0.247 e. The van der Waals surface area contributed by atoms with Gasteiger partial charge in [-0.25, -0.2) is 9.37 Å². The number of aromatic nitrogens is 3. The first-order chi connectivity index (χ1) is 15.2. The molecule has 4 aromatic rings. The Labute approximate surface area is 179 Å². The van der Waals surface area contributed by atoms with E-state index in [1.807, 2.05) is 36.4 Å². The number of pyridine rings is 1. The summed E-state index contributed by atoms with van der Waals surface area (Å²) in [7, 11) is 0. The zero-order chi connectivity index (χ0) is 21.5. The van der Waals surface area contributed by atoms with Crippen molar-refractivity contribution in [3.8, 4) is 11.5 Å². The number of anilines is 1. The van der Waals surface area contributed by atoms with Crippen LogP contribution in [0.3, 0.4) is 0 Å². The summed E-state index contributed by atoms with van der Waals surface area (Å²) in [4.78, 5) is 16.4. The molecule has 31 heavy (non-hydrogen) atoms. The van der Waals surface area contributed by atoms with Crippen molar-refractivity contribution in [3.63, 3.8) is 0 Å².